The van der Waals surface area contributed by atoms with E-state index >= 15 is 0 Å². The van der Waals surface area contributed by atoms with Crippen molar-refractivity contribution in [1.29, 1.82) is 0 Å². The molecule has 1 aliphatic heterocycles. The van der Waals surface area contributed by atoms with E-state index in [4.69, 9.17) is 4.74 Å². The highest BCUT2D eigenvalue weighted by Crippen LogP contribution is 2.24. The Morgan fingerprint density at radius 2 is 1.85 bits per heavy atom. The van der Waals surface area contributed by atoms with Crippen LogP contribution in [0, 0.1) is 11.7 Å². The molecule has 1 heterocycles. The van der Waals surface area contributed by atoms with Gasteiger partial charge < -0.3 is 4.74 Å². The van der Waals surface area contributed by atoms with E-state index in [1.165, 1.54) is 27.9 Å². The molecule has 0 bridgehead atoms. The molecule has 1 fully saturated rings. The lowest BCUT2D eigenvalue weighted by Gasteiger charge is -2.34. The minimum Gasteiger partial charge on any atom is -0.469 e. The number of rotatable bonds is 9. The van der Waals surface area contributed by atoms with Crippen molar-refractivity contribution in [3.63, 3.8) is 0 Å². The Balaban J connectivity index is 2.10. The number of piperidine rings is 1. The highest BCUT2D eigenvalue weighted by Gasteiger charge is 2.35. The second kappa shape index (κ2) is 10.1. The Morgan fingerprint density at radius 1 is 1.22 bits per heavy atom. The first-order chi connectivity index (χ1) is 12.9. The molecule has 1 aromatic carbocycles. The number of hydrogen-bond donors (Lipinski definition) is 0. The number of benzene rings is 1. The van der Waals surface area contributed by atoms with Gasteiger partial charge in [-0.25, -0.2) is 4.39 Å². The van der Waals surface area contributed by atoms with Gasteiger partial charge in [0.1, 0.15) is 5.82 Å². The molecule has 1 aromatic rings. The van der Waals surface area contributed by atoms with Crippen LogP contribution in [0.1, 0.15) is 44.6 Å². The SMILES string of the molecule is CCCCCN(Cc1ccc(F)cc1)S(=O)(=O)N1CCC(C(=O)OC)CC1. The third-order valence-corrected chi connectivity index (χ3v) is 6.91. The predicted molar refractivity (Wildman–Crippen MR) is 102 cm³/mol. The molecule has 0 spiro atoms. The lowest BCUT2D eigenvalue weighted by atomic mass is 9.99. The smallest absolute Gasteiger partial charge is 0.308 e. The zero-order valence-corrected chi connectivity index (χ0v) is 16.9. The fraction of sp³-hybridized carbons (Fsp3) is 0.632. The van der Waals surface area contributed by atoms with Gasteiger partial charge in [-0.15, -0.1) is 0 Å². The number of methoxy groups -OCH3 is 1. The van der Waals surface area contributed by atoms with Crippen LogP contribution in [0.25, 0.3) is 0 Å². The van der Waals surface area contributed by atoms with Gasteiger partial charge in [0, 0.05) is 26.2 Å². The Morgan fingerprint density at radius 3 is 2.41 bits per heavy atom. The Kier molecular flexibility index (Phi) is 8.19. The first-order valence-electron chi connectivity index (χ1n) is 9.46. The molecular formula is C19H29FN2O4S. The molecular weight excluding hydrogens is 371 g/mol. The fourth-order valence-corrected chi connectivity index (χ4v) is 4.93. The van der Waals surface area contributed by atoms with Crippen LogP contribution in [-0.4, -0.2) is 49.7 Å². The first-order valence-corrected chi connectivity index (χ1v) is 10.9. The summed E-state index contributed by atoms with van der Waals surface area (Å²) in [7, 11) is -2.30. The maximum atomic E-state index is 13.2. The number of unbranched alkanes of at least 4 members (excludes halogenated alkanes) is 2. The van der Waals surface area contributed by atoms with Gasteiger partial charge in [-0.3, -0.25) is 4.79 Å². The van der Waals surface area contributed by atoms with Gasteiger partial charge in [0.15, 0.2) is 0 Å². The predicted octanol–water partition coefficient (Wildman–Crippen LogP) is 2.95. The third-order valence-electron chi connectivity index (χ3n) is 4.92. The summed E-state index contributed by atoms with van der Waals surface area (Å²) in [5.74, 6) is -0.866. The zero-order valence-electron chi connectivity index (χ0n) is 16.1. The Labute approximate surface area is 161 Å². The van der Waals surface area contributed by atoms with Crippen LogP contribution < -0.4 is 0 Å². The van der Waals surface area contributed by atoms with E-state index in [1.54, 1.807) is 12.1 Å². The van der Waals surface area contributed by atoms with E-state index in [2.05, 4.69) is 6.92 Å². The van der Waals surface area contributed by atoms with Gasteiger partial charge in [-0.05, 0) is 37.0 Å². The molecule has 2 rings (SSSR count). The lowest BCUT2D eigenvalue weighted by Crippen LogP contribution is -2.48. The zero-order chi connectivity index (χ0) is 19.9. The molecule has 0 atom stereocenters. The van der Waals surface area contributed by atoms with E-state index in [9.17, 15) is 17.6 Å². The lowest BCUT2D eigenvalue weighted by molar-refractivity contribution is -0.146. The average Bonchev–Trinajstić information content (AvgIpc) is 2.68. The first kappa shape index (κ1) is 21.8. The highest BCUT2D eigenvalue weighted by atomic mass is 32.2. The summed E-state index contributed by atoms with van der Waals surface area (Å²) >= 11 is 0. The monoisotopic (exact) mass is 400 g/mol. The van der Waals surface area contributed by atoms with Crippen molar-refractivity contribution >= 4 is 16.2 Å². The molecule has 0 saturated carbocycles. The largest absolute Gasteiger partial charge is 0.469 e. The van der Waals surface area contributed by atoms with Crippen molar-refractivity contribution in [2.45, 2.75) is 45.6 Å². The number of nitrogens with zero attached hydrogens (tertiary/aromatic N) is 2. The molecule has 152 valence electrons. The Hall–Kier alpha value is -1.51. The third kappa shape index (κ3) is 5.99. The van der Waals surface area contributed by atoms with Crippen LogP contribution in [0.15, 0.2) is 24.3 Å². The average molecular weight is 401 g/mol. The van der Waals surface area contributed by atoms with Crippen LogP contribution in [-0.2, 0) is 26.3 Å². The second-order valence-corrected chi connectivity index (χ2v) is 8.80. The van der Waals surface area contributed by atoms with Gasteiger partial charge in [-0.2, -0.15) is 17.0 Å². The maximum absolute atomic E-state index is 13.2. The summed E-state index contributed by atoms with van der Waals surface area (Å²) in [4.78, 5) is 11.7. The molecule has 0 unspecified atom stereocenters. The molecule has 6 nitrogen and oxygen atoms in total. The fourth-order valence-electron chi connectivity index (χ4n) is 3.26. The van der Waals surface area contributed by atoms with Gasteiger partial charge in [0.25, 0.3) is 10.2 Å². The van der Waals surface area contributed by atoms with Crippen LogP contribution in [0.5, 0.6) is 0 Å². The number of ether oxygens (including phenoxy) is 1. The number of halogens is 1. The summed E-state index contributed by atoms with van der Waals surface area (Å²) < 4.78 is 47.1. The van der Waals surface area contributed by atoms with E-state index in [-0.39, 0.29) is 24.2 Å². The van der Waals surface area contributed by atoms with Crippen molar-refractivity contribution in [2.24, 2.45) is 5.92 Å². The van der Waals surface area contributed by atoms with Crippen molar-refractivity contribution < 1.29 is 22.3 Å². The minimum atomic E-state index is -3.65. The number of carbonyl (C=O) groups is 1. The highest BCUT2D eigenvalue weighted by molar-refractivity contribution is 7.86. The normalized spacial score (nSPS) is 16.6. The number of hydrogen-bond acceptors (Lipinski definition) is 4. The summed E-state index contributed by atoms with van der Waals surface area (Å²) in [5, 5.41) is 0. The number of carbonyl (C=O) groups excluding carboxylic acids is 1. The number of esters is 1. The van der Waals surface area contributed by atoms with Crippen LogP contribution >= 0.6 is 0 Å². The topological polar surface area (TPSA) is 66.9 Å². The van der Waals surface area contributed by atoms with Gasteiger partial charge in [0.2, 0.25) is 0 Å². The molecule has 0 N–H and O–H groups in total. The summed E-state index contributed by atoms with van der Waals surface area (Å²) in [6.07, 6.45) is 3.64. The van der Waals surface area contributed by atoms with Crippen molar-refractivity contribution in [3.05, 3.63) is 35.6 Å². The molecule has 8 heteroatoms. The van der Waals surface area contributed by atoms with Crippen LogP contribution in [0.2, 0.25) is 0 Å². The Bertz CT molecular complexity index is 701. The summed E-state index contributed by atoms with van der Waals surface area (Å²) in [5.41, 5.74) is 0.751. The van der Waals surface area contributed by atoms with E-state index < -0.39 is 10.2 Å². The van der Waals surface area contributed by atoms with Gasteiger partial charge in [-0.1, -0.05) is 31.9 Å². The van der Waals surface area contributed by atoms with E-state index in [0.29, 0.717) is 32.5 Å². The standard InChI is InChI=1S/C19H29FN2O4S/c1-3-4-5-12-22(15-16-6-8-18(20)9-7-16)27(24,25)21-13-10-17(11-14-21)19(23)26-2/h6-9,17H,3-5,10-15H2,1-2H3. The van der Waals surface area contributed by atoms with Crippen molar-refractivity contribution in [3.8, 4) is 0 Å². The van der Waals surface area contributed by atoms with E-state index in [1.807, 2.05) is 0 Å². The van der Waals surface area contributed by atoms with Crippen molar-refractivity contribution in [2.75, 3.05) is 26.7 Å². The van der Waals surface area contributed by atoms with Crippen LogP contribution in [0.3, 0.4) is 0 Å². The van der Waals surface area contributed by atoms with E-state index in [0.717, 1.165) is 24.8 Å². The maximum Gasteiger partial charge on any atom is 0.308 e. The summed E-state index contributed by atoms with van der Waals surface area (Å²) in [6.45, 7) is 3.30. The second-order valence-electron chi connectivity index (χ2n) is 6.87. The molecule has 0 radical (unpaired) electrons. The molecule has 0 aliphatic carbocycles. The van der Waals surface area contributed by atoms with Crippen molar-refractivity contribution in [1.82, 2.24) is 8.61 Å². The van der Waals surface area contributed by atoms with Gasteiger partial charge >= 0.3 is 5.97 Å². The van der Waals surface area contributed by atoms with Gasteiger partial charge in [0.05, 0.1) is 13.0 Å². The van der Waals surface area contributed by atoms with Crippen LogP contribution in [0.4, 0.5) is 4.39 Å². The molecule has 0 aromatic heterocycles. The molecule has 27 heavy (non-hydrogen) atoms. The molecule has 0 amide bonds. The summed E-state index contributed by atoms with van der Waals surface area (Å²) in [6, 6.07) is 5.91. The quantitative estimate of drug-likeness (QED) is 0.472. The molecule has 1 saturated heterocycles. The minimum absolute atomic E-state index is 0.212. The molecule has 1 aliphatic rings.